The zero-order valence-electron chi connectivity index (χ0n) is 12.0. The van der Waals surface area contributed by atoms with E-state index in [9.17, 15) is 4.79 Å². The van der Waals surface area contributed by atoms with Crippen molar-refractivity contribution in [3.05, 3.63) is 52.9 Å². The summed E-state index contributed by atoms with van der Waals surface area (Å²) in [4.78, 5) is 12.2. The van der Waals surface area contributed by atoms with Crippen LogP contribution in [0.25, 0.3) is 5.69 Å². The first kappa shape index (κ1) is 14.3. The highest BCUT2D eigenvalue weighted by atomic mass is 35.5. The van der Waals surface area contributed by atoms with Crippen LogP contribution >= 0.6 is 11.6 Å². The summed E-state index contributed by atoms with van der Waals surface area (Å²) < 4.78 is 3.17. The number of nitrogens with one attached hydrogen (secondary N) is 1. The Morgan fingerprint density at radius 1 is 1.32 bits per heavy atom. The minimum atomic E-state index is -0.343. The molecule has 22 heavy (non-hydrogen) atoms. The highest BCUT2D eigenvalue weighted by Crippen LogP contribution is 2.17. The average Bonchev–Trinajstić information content (AvgIpc) is 3.05. The Morgan fingerprint density at radius 2 is 2.14 bits per heavy atom. The van der Waals surface area contributed by atoms with Crippen LogP contribution < -0.4 is 5.32 Å². The summed E-state index contributed by atoms with van der Waals surface area (Å²) in [7, 11) is 1.72. The summed E-state index contributed by atoms with van der Waals surface area (Å²) in [6, 6.07) is 8.97. The Bertz CT molecular complexity index is 837. The number of rotatable bonds is 3. The van der Waals surface area contributed by atoms with E-state index in [1.165, 1.54) is 4.68 Å². The molecule has 0 radical (unpaired) electrons. The van der Waals surface area contributed by atoms with Crippen LogP contribution in [0.1, 0.15) is 16.2 Å². The predicted octanol–water partition coefficient (Wildman–Crippen LogP) is 2.21. The van der Waals surface area contributed by atoms with Crippen LogP contribution in [0.15, 0.2) is 36.5 Å². The second kappa shape index (κ2) is 5.61. The van der Waals surface area contributed by atoms with Crippen molar-refractivity contribution in [1.29, 1.82) is 0 Å². The maximum atomic E-state index is 12.2. The van der Waals surface area contributed by atoms with E-state index in [4.69, 9.17) is 11.6 Å². The number of nitrogens with zero attached hydrogens (tertiary/aromatic N) is 5. The molecule has 0 atom stereocenters. The number of aryl methyl sites for hydroxylation is 2. The molecule has 3 rings (SSSR count). The number of hydrogen-bond donors (Lipinski definition) is 1. The van der Waals surface area contributed by atoms with E-state index in [0.717, 1.165) is 11.4 Å². The highest BCUT2D eigenvalue weighted by Gasteiger charge is 2.14. The fourth-order valence-corrected chi connectivity index (χ4v) is 2.22. The minimum Gasteiger partial charge on any atom is -0.302 e. The lowest BCUT2D eigenvalue weighted by molar-refractivity contribution is 0.102. The monoisotopic (exact) mass is 316 g/mol. The number of halogens is 1. The Labute approximate surface area is 131 Å². The van der Waals surface area contributed by atoms with Crippen molar-refractivity contribution < 1.29 is 4.79 Å². The second-order valence-corrected chi connectivity index (χ2v) is 5.23. The van der Waals surface area contributed by atoms with Crippen LogP contribution in [0.4, 0.5) is 5.82 Å². The van der Waals surface area contributed by atoms with E-state index in [0.29, 0.717) is 16.5 Å². The van der Waals surface area contributed by atoms with Crippen LogP contribution in [0, 0.1) is 6.92 Å². The van der Waals surface area contributed by atoms with Gasteiger partial charge in [-0.05, 0) is 31.2 Å². The van der Waals surface area contributed by atoms with Crippen LogP contribution in [0.2, 0.25) is 5.02 Å². The lowest BCUT2D eigenvalue weighted by Gasteiger charge is -2.04. The molecule has 0 saturated carbocycles. The molecule has 3 aromatic rings. The first-order chi connectivity index (χ1) is 10.5. The Kier molecular flexibility index (Phi) is 3.64. The quantitative estimate of drug-likeness (QED) is 0.803. The van der Waals surface area contributed by atoms with Crippen LogP contribution in [-0.2, 0) is 7.05 Å². The zero-order valence-corrected chi connectivity index (χ0v) is 12.7. The van der Waals surface area contributed by atoms with Crippen molar-refractivity contribution in [3.8, 4) is 5.69 Å². The summed E-state index contributed by atoms with van der Waals surface area (Å²) in [6.07, 6.45) is 1.61. The van der Waals surface area contributed by atoms with Gasteiger partial charge in [0.05, 0.1) is 11.9 Å². The molecule has 0 saturated heterocycles. The van der Waals surface area contributed by atoms with Gasteiger partial charge in [0.25, 0.3) is 5.91 Å². The van der Waals surface area contributed by atoms with E-state index in [2.05, 4.69) is 20.7 Å². The van der Waals surface area contributed by atoms with Gasteiger partial charge in [-0.15, -0.1) is 5.10 Å². The normalized spacial score (nSPS) is 10.7. The van der Waals surface area contributed by atoms with Crippen molar-refractivity contribution in [2.75, 3.05) is 5.32 Å². The molecule has 0 aliphatic rings. The molecule has 7 nitrogen and oxygen atoms in total. The van der Waals surface area contributed by atoms with E-state index >= 15 is 0 Å². The Balaban J connectivity index is 1.87. The van der Waals surface area contributed by atoms with Gasteiger partial charge in [0.1, 0.15) is 0 Å². The Morgan fingerprint density at radius 3 is 2.82 bits per heavy atom. The number of aromatic nitrogens is 5. The summed E-state index contributed by atoms with van der Waals surface area (Å²) >= 11 is 5.99. The predicted molar refractivity (Wildman–Crippen MR) is 82.3 cm³/mol. The SMILES string of the molecule is Cc1cc(C(=O)Nc2cn(C)nn2)nn1-c1cccc(Cl)c1. The number of carbonyl (C=O) groups is 1. The molecule has 8 heteroatoms. The standard InChI is InChI=1S/C14H13ClN6O/c1-9-6-12(14(22)16-13-8-20(2)19-17-13)18-21(9)11-5-3-4-10(15)7-11/h3-8H,1-2H3,(H,16,22). The third-order valence-electron chi connectivity index (χ3n) is 3.02. The molecule has 0 unspecified atom stereocenters. The Hall–Kier alpha value is -2.67. The van der Waals surface area contributed by atoms with Crippen molar-refractivity contribution in [2.45, 2.75) is 6.92 Å². The first-order valence-corrected chi connectivity index (χ1v) is 6.91. The summed E-state index contributed by atoms with van der Waals surface area (Å²) in [5.41, 5.74) is 1.92. The van der Waals surface area contributed by atoms with Gasteiger partial charge in [-0.25, -0.2) is 4.68 Å². The molecule has 0 fully saturated rings. The fourth-order valence-electron chi connectivity index (χ4n) is 2.04. The molecule has 1 amide bonds. The maximum Gasteiger partial charge on any atom is 0.277 e. The van der Waals surface area contributed by atoms with Crippen LogP contribution in [0.3, 0.4) is 0 Å². The van der Waals surface area contributed by atoms with Crippen LogP contribution in [-0.4, -0.2) is 30.7 Å². The van der Waals surface area contributed by atoms with Crippen molar-refractivity contribution in [2.24, 2.45) is 7.05 Å². The molecule has 2 aromatic heterocycles. The average molecular weight is 317 g/mol. The number of benzene rings is 1. The van der Waals surface area contributed by atoms with Crippen LogP contribution in [0.5, 0.6) is 0 Å². The molecule has 0 spiro atoms. The third-order valence-corrected chi connectivity index (χ3v) is 3.25. The van der Waals surface area contributed by atoms with E-state index in [1.807, 2.05) is 19.1 Å². The third kappa shape index (κ3) is 2.84. The number of anilines is 1. The lowest BCUT2D eigenvalue weighted by atomic mass is 10.3. The van der Waals surface area contributed by atoms with Crippen molar-refractivity contribution >= 4 is 23.3 Å². The highest BCUT2D eigenvalue weighted by molar-refractivity contribution is 6.30. The first-order valence-electron chi connectivity index (χ1n) is 6.53. The molecular formula is C14H13ClN6O. The molecule has 0 aliphatic heterocycles. The van der Waals surface area contributed by atoms with E-state index in [-0.39, 0.29) is 5.91 Å². The van der Waals surface area contributed by atoms with Gasteiger partial charge in [-0.1, -0.05) is 22.9 Å². The van der Waals surface area contributed by atoms with Gasteiger partial charge in [0, 0.05) is 17.8 Å². The number of amides is 1. The lowest BCUT2D eigenvalue weighted by Crippen LogP contribution is -2.13. The molecule has 112 valence electrons. The molecule has 0 aliphatic carbocycles. The fraction of sp³-hybridized carbons (Fsp3) is 0.143. The van der Waals surface area contributed by atoms with Gasteiger partial charge in [0.2, 0.25) is 0 Å². The van der Waals surface area contributed by atoms with Gasteiger partial charge in [-0.2, -0.15) is 5.10 Å². The molecular weight excluding hydrogens is 304 g/mol. The van der Waals surface area contributed by atoms with Gasteiger partial charge in [-0.3, -0.25) is 9.48 Å². The van der Waals surface area contributed by atoms with Crippen molar-refractivity contribution in [1.82, 2.24) is 24.8 Å². The van der Waals surface area contributed by atoms with E-state index in [1.54, 1.807) is 36.1 Å². The second-order valence-electron chi connectivity index (χ2n) is 4.79. The summed E-state index contributed by atoms with van der Waals surface area (Å²) in [6.45, 7) is 1.87. The van der Waals surface area contributed by atoms with E-state index < -0.39 is 0 Å². The summed E-state index contributed by atoms with van der Waals surface area (Å²) in [5, 5.41) is 15.1. The zero-order chi connectivity index (χ0) is 15.7. The molecule has 0 bridgehead atoms. The summed E-state index contributed by atoms with van der Waals surface area (Å²) in [5.74, 6) is 0.0341. The van der Waals surface area contributed by atoms with Gasteiger partial charge < -0.3 is 5.32 Å². The van der Waals surface area contributed by atoms with Crippen molar-refractivity contribution in [3.63, 3.8) is 0 Å². The topological polar surface area (TPSA) is 77.6 Å². The minimum absolute atomic E-state index is 0.295. The molecule has 2 heterocycles. The molecule has 1 N–H and O–H groups in total. The molecule has 1 aromatic carbocycles. The largest absolute Gasteiger partial charge is 0.302 e. The van der Waals surface area contributed by atoms with Gasteiger partial charge in [0.15, 0.2) is 11.5 Å². The van der Waals surface area contributed by atoms with Gasteiger partial charge >= 0.3 is 0 Å². The smallest absolute Gasteiger partial charge is 0.277 e. The number of carbonyl (C=O) groups excluding carboxylic acids is 1. The maximum absolute atomic E-state index is 12.2. The number of hydrogen-bond acceptors (Lipinski definition) is 4.